The summed E-state index contributed by atoms with van der Waals surface area (Å²) >= 11 is 7.14. The van der Waals surface area contributed by atoms with Crippen LogP contribution in [0.3, 0.4) is 0 Å². The van der Waals surface area contributed by atoms with Crippen molar-refractivity contribution in [1.29, 1.82) is 0 Å². The number of hydrogen-bond acceptors (Lipinski definition) is 1. The van der Waals surface area contributed by atoms with Crippen LogP contribution in [0, 0.1) is 5.41 Å². The maximum absolute atomic E-state index is 3.59. The van der Waals surface area contributed by atoms with Crippen molar-refractivity contribution in [3.63, 3.8) is 0 Å². The predicted molar refractivity (Wildman–Crippen MR) is 72.3 cm³/mol. The van der Waals surface area contributed by atoms with E-state index < -0.39 is 0 Å². The molecule has 1 nitrogen and oxygen atoms in total. The van der Waals surface area contributed by atoms with Gasteiger partial charge in [0.05, 0.1) is 5.69 Å². The third-order valence-electron chi connectivity index (χ3n) is 3.41. The highest BCUT2D eigenvalue weighted by molar-refractivity contribution is 9.11. The molecule has 1 aromatic rings. The maximum Gasteiger partial charge on any atom is 0.0631 e. The fourth-order valence-electron chi connectivity index (χ4n) is 1.66. The maximum atomic E-state index is 3.59. The minimum absolute atomic E-state index is 0.495. The first kappa shape index (κ1) is 11.5. The molecule has 1 saturated carbocycles. The monoisotopic (exact) mass is 331 g/mol. The molecule has 0 aliphatic heterocycles. The Bertz CT molecular complexity index is 352. The van der Waals surface area contributed by atoms with Crippen LogP contribution in [0.4, 0.5) is 5.69 Å². The number of para-hydroxylation sites is 1. The highest BCUT2D eigenvalue weighted by Gasteiger charge is 2.42. The molecule has 0 aromatic heterocycles. The molecule has 0 bridgehead atoms. The lowest BCUT2D eigenvalue weighted by Crippen LogP contribution is -2.25. The topological polar surface area (TPSA) is 12.0 Å². The van der Waals surface area contributed by atoms with Gasteiger partial charge in [-0.05, 0) is 69.2 Å². The molecule has 1 aliphatic carbocycles. The van der Waals surface area contributed by atoms with Crippen molar-refractivity contribution >= 4 is 37.5 Å². The van der Waals surface area contributed by atoms with Crippen LogP contribution in [0.5, 0.6) is 0 Å². The fraction of sp³-hybridized carbons (Fsp3) is 0.500. The lowest BCUT2D eigenvalue weighted by atomic mass is 10.0. The molecule has 1 N–H and O–H groups in total. The molecular weight excluding hydrogens is 318 g/mol. The number of hydrogen-bond donors (Lipinski definition) is 1. The summed E-state index contributed by atoms with van der Waals surface area (Å²) in [6.45, 7) is 4.61. The van der Waals surface area contributed by atoms with E-state index in [4.69, 9.17) is 0 Å². The van der Waals surface area contributed by atoms with Gasteiger partial charge in [0.1, 0.15) is 0 Å². The molecule has 15 heavy (non-hydrogen) atoms. The second-order valence-corrected chi connectivity index (χ2v) is 6.33. The average molecular weight is 333 g/mol. The normalized spacial score (nSPS) is 19.7. The Balaban J connectivity index is 2.16. The first-order chi connectivity index (χ1) is 7.03. The van der Waals surface area contributed by atoms with Crippen molar-refractivity contribution in [3.05, 3.63) is 27.1 Å². The number of rotatable bonds is 3. The van der Waals surface area contributed by atoms with Crippen molar-refractivity contribution in [3.8, 4) is 0 Å². The lowest BCUT2D eigenvalue weighted by molar-refractivity contribution is 0.493. The molecule has 82 valence electrons. The first-order valence-corrected chi connectivity index (χ1v) is 6.82. The van der Waals surface area contributed by atoms with E-state index in [1.807, 2.05) is 6.07 Å². The first-order valence-electron chi connectivity index (χ1n) is 5.23. The summed E-state index contributed by atoms with van der Waals surface area (Å²) in [5.41, 5.74) is 1.66. The Labute approximate surface area is 108 Å². The second kappa shape index (κ2) is 4.10. The van der Waals surface area contributed by atoms with E-state index in [9.17, 15) is 0 Å². The molecule has 1 unspecified atom stereocenters. The Morgan fingerprint density at radius 1 is 1.27 bits per heavy atom. The molecule has 0 spiro atoms. The minimum atomic E-state index is 0.495. The van der Waals surface area contributed by atoms with E-state index in [1.54, 1.807) is 0 Å². The largest absolute Gasteiger partial charge is 0.380 e. The molecule has 0 amide bonds. The van der Waals surface area contributed by atoms with Gasteiger partial charge in [0, 0.05) is 15.0 Å². The number of anilines is 1. The van der Waals surface area contributed by atoms with E-state index in [0.717, 1.165) is 14.6 Å². The van der Waals surface area contributed by atoms with E-state index >= 15 is 0 Å². The highest BCUT2D eigenvalue weighted by Crippen LogP contribution is 2.49. The summed E-state index contributed by atoms with van der Waals surface area (Å²) in [5, 5.41) is 3.59. The standard InChI is InChI=1S/C12H15Br2N/c1-8(12(2)6-7-12)15-11-9(13)4-3-5-10(11)14/h3-5,8,15H,6-7H2,1-2H3. The Morgan fingerprint density at radius 2 is 1.80 bits per heavy atom. The molecule has 0 heterocycles. The van der Waals surface area contributed by atoms with Gasteiger partial charge in [-0.2, -0.15) is 0 Å². The van der Waals surface area contributed by atoms with E-state index in [0.29, 0.717) is 11.5 Å². The van der Waals surface area contributed by atoms with Gasteiger partial charge in [-0.3, -0.25) is 0 Å². The van der Waals surface area contributed by atoms with Crippen molar-refractivity contribution in [1.82, 2.24) is 0 Å². The van der Waals surface area contributed by atoms with Crippen molar-refractivity contribution in [2.24, 2.45) is 5.41 Å². The number of halogens is 2. The van der Waals surface area contributed by atoms with Crippen LogP contribution < -0.4 is 5.32 Å². The minimum Gasteiger partial charge on any atom is -0.380 e. The smallest absolute Gasteiger partial charge is 0.0631 e. The van der Waals surface area contributed by atoms with Gasteiger partial charge in [0.25, 0.3) is 0 Å². The summed E-state index contributed by atoms with van der Waals surface area (Å²) in [4.78, 5) is 0. The van der Waals surface area contributed by atoms with Crippen molar-refractivity contribution in [2.45, 2.75) is 32.7 Å². The molecule has 0 saturated heterocycles. The van der Waals surface area contributed by atoms with Crippen molar-refractivity contribution < 1.29 is 0 Å². The Kier molecular flexibility index (Phi) is 3.13. The van der Waals surface area contributed by atoms with E-state index in [2.05, 4.69) is 63.2 Å². The van der Waals surface area contributed by atoms with Gasteiger partial charge in [0.15, 0.2) is 0 Å². The van der Waals surface area contributed by atoms with Crippen LogP contribution in [0.25, 0.3) is 0 Å². The molecular formula is C12H15Br2N. The Morgan fingerprint density at radius 3 is 2.27 bits per heavy atom. The van der Waals surface area contributed by atoms with Gasteiger partial charge in [-0.15, -0.1) is 0 Å². The second-order valence-electron chi connectivity index (χ2n) is 4.62. The van der Waals surface area contributed by atoms with Crippen LogP contribution >= 0.6 is 31.9 Å². The van der Waals surface area contributed by atoms with Gasteiger partial charge < -0.3 is 5.32 Å². The van der Waals surface area contributed by atoms with Crippen molar-refractivity contribution in [2.75, 3.05) is 5.32 Å². The van der Waals surface area contributed by atoms with Crippen LogP contribution in [-0.2, 0) is 0 Å². The zero-order valence-electron chi connectivity index (χ0n) is 8.98. The molecule has 1 fully saturated rings. The molecule has 2 rings (SSSR count). The SMILES string of the molecule is CC(Nc1c(Br)cccc1Br)C1(C)CC1. The zero-order chi connectivity index (χ0) is 11.1. The van der Waals surface area contributed by atoms with E-state index in [-0.39, 0.29) is 0 Å². The van der Waals surface area contributed by atoms with Gasteiger partial charge in [0.2, 0.25) is 0 Å². The highest BCUT2D eigenvalue weighted by atomic mass is 79.9. The van der Waals surface area contributed by atoms with Gasteiger partial charge >= 0.3 is 0 Å². The molecule has 0 radical (unpaired) electrons. The third kappa shape index (κ3) is 2.39. The molecule has 1 aliphatic rings. The van der Waals surface area contributed by atoms with Crippen LogP contribution in [0.2, 0.25) is 0 Å². The summed E-state index contributed by atoms with van der Waals surface area (Å²) in [5.74, 6) is 0. The van der Waals surface area contributed by atoms with Gasteiger partial charge in [-0.1, -0.05) is 13.0 Å². The summed E-state index contributed by atoms with van der Waals surface area (Å²) < 4.78 is 2.24. The summed E-state index contributed by atoms with van der Waals surface area (Å²) in [6.07, 6.45) is 2.67. The molecule has 1 atom stereocenters. The van der Waals surface area contributed by atoms with Crippen LogP contribution in [0.15, 0.2) is 27.1 Å². The molecule has 1 aromatic carbocycles. The summed E-state index contributed by atoms with van der Waals surface area (Å²) in [7, 11) is 0. The predicted octanol–water partition coefficient (Wildman–Crippen LogP) is 4.81. The molecule has 3 heteroatoms. The Hall–Kier alpha value is -0.0200. The number of nitrogens with one attached hydrogen (secondary N) is 1. The van der Waals surface area contributed by atoms with Crippen LogP contribution in [0.1, 0.15) is 26.7 Å². The van der Waals surface area contributed by atoms with Gasteiger partial charge in [-0.25, -0.2) is 0 Å². The zero-order valence-corrected chi connectivity index (χ0v) is 12.2. The average Bonchev–Trinajstić information content (AvgIpc) is 2.91. The van der Waals surface area contributed by atoms with Crippen LogP contribution in [-0.4, -0.2) is 6.04 Å². The third-order valence-corrected chi connectivity index (χ3v) is 4.73. The van der Waals surface area contributed by atoms with E-state index in [1.165, 1.54) is 12.8 Å². The lowest BCUT2D eigenvalue weighted by Gasteiger charge is -2.23. The number of benzene rings is 1. The summed E-state index contributed by atoms with van der Waals surface area (Å²) in [6, 6.07) is 6.68. The fourth-order valence-corrected chi connectivity index (χ4v) is 2.88. The quantitative estimate of drug-likeness (QED) is 0.837.